The zero-order valence-corrected chi connectivity index (χ0v) is 20.4. The molecule has 33 heavy (non-hydrogen) atoms. The molecule has 1 fully saturated rings. The number of amides is 1. The summed E-state index contributed by atoms with van der Waals surface area (Å²) < 4.78 is 5.52. The third-order valence-electron chi connectivity index (χ3n) is 5.87. The number of anilines is 2. The molecule has 2 heterocycles. The number of benzene rings is 2. The van der Waals surface area contributed by atoms with Crippen LogP contribution in [0.15, 0.2) is 42.6 Å². The van der Waals surface area contributed by atoms with Crippen molar-refractivity contribution in [3.63, 3.8) is 0 Å². The van der Waals surface area contributed by atoms with Crippen LogP contribution in [0.25, 0.3) is 21.9 Å². The Morgan fingerprint density at radius 2 is 1.94 bits per heavy atom. The van der Waals surface area contributed by atoms with Gasteiger partial charge < -0.3 is 20.7 Å². The topological polar surface area (TPSA) is 80.5 Å². The molecule has 4 rings (SSSR count). The van der Waals surface area contributed by atoms with Crippen molar-refractivity contribution < 1.29 is 9.53 Å². The first-order valence-corrected chi connectivity index (χ1v) is 11.7. The number of rotatable bonds is 3. The monoisotopic (exact) mass is 466 g/mol. The van der Waals surface area contributed by atoms with Crippen molar-refractivity contribution in [1.29, 1.82) is 0 Å². The number of piperidine rings is 1. The van der Waals surface area contributed by atoms with Gasteiger partial charge in [-0.3, -0.25) is 0 Å². The fourth-order valence-corrected chi connectivity index (χ4v) is 4.62. The van der Waals surface area contributed by atoms with E-state index in [1.165, 1.54) is 0 Å². The van der Waals surface area contributed by atoms with E-state index in [1.54, 1.807) is 11.1 Å². The zero-order valence-electron chi connectivity index (χ0n) is 19.6. The van der Waals surface area contributed by atoms with Gasteiger partial charge in [0, 0.05) is 52.4 Å². The lowest BCUT2D eigenvalue weighted by atomic mass is 9.96. The summed E-state index contributed by atoms with van der Waals surface area (Å²) in [6.07, 6.45) is 3.21. The molecule has 1 saturated heterocycles. The summed E-state index contributed by atoms with van der Waals surface area (Å²) in [5.41, 5.74) is 9.67. The smallest absolute Gasteiger partial charge is 0.410 e. The number of nitrogens with two attached hydrogens (primary N) is 1. The van der Waals surface area contributed by atoms with Gasteiger partial charge in [-0.25, -0.2) is 9.78 Å². The average molecular weight is 467 g/mol. The first kappa shape index (κ1) is 23.2. The average Bonchev–Trinajstić information content (AvgIpc) is 2.73. The first-order valence-electron chi connectivity index (χ1n) is 11.3. The summed E-state index contributed by atoms with van der Waals surface area (Å²) in [5.74, 6) is 0.479. The van der Waals surface area contributed by atoms with E-state index in [2.05, 4.69) is 35.4 Å². The molecule has 0 unspecified atom stereocenters. The fraction of sp³-hybridized carbons (Fsp3) is 0.385. The van der Waals surface area contributed by atoms with Gasteiger partial charge in [-0.1, -0.05) is 23.7 Å². The molecule has 0 radical (unpaired) electrons. The number of pyridine rings is 1. The minimum absolute atomic E-state index is 0.226. The Hall–Kier alpha value is -2.99. The normalized spacial score (nSPS) is 15.0. The molecule has 1 aromatic heterocycles. The fourth-order valence-electron chi connectivity index (χ4n) is 4.29. The number of hydrogen-bond donors (Lipinski definition) is 2. The molecule has 0 aliphatic carbocycles. The van der Waals surface area contributed by atoms with Gasteiger partial charge in [-0.05, 0) is 75.9 Å². The summed E-state index contributed by atoms with van der Waals surface area (Å²) in [6.45, 7) is 9.02. The van der Waals surface area contributed by atoms with Gasteiger partial charge in [-0.2, -0.15) is 0 Å². The number of halogens is 1. The third kappa shape index (κ3) is 5.33. The van der Waals surface area contributed by atoms with E-state index in [0.29, 0.717) is 18.9 Å². The molecule has 1 aliphatic heterocycles. The molecule has 1 amide bonds. The molecule has 1 aliphatic rings. The number of hydrogen-bond acceptors (Lipinski definition) is 5. The Morgan fingerprint density at radius 3 is 2.61 bits per heavy atom. The van der Waals surface area contributed by atoms with E-state index in [-0.39, 0.29) is 12.1 Å². The summed E-state index contributed by atoms with van der Waals surface area (Å²) in [6, 6.07) is 12.3. The molecule has 0 bridgehead atoms. The minimum Gasteiger partial charge on any atom is -0.444 e. The van der Waals surface area contributed by atoms with Gasteiger partial charge in [0.2, 0.25) is 0 Å². The molecular formula is C26H31ClN4O2. The molecule has 0 atom stereocenters. The second-order valence-electron chi connectivity index (χ2n) is 9.67. The van der Waals surface area contributed by atoms with Gasteiger partial charge in [0.25, 0.3) is 0 Å². The van der Waals surface area contributed by atoms with E-state index in [0.717, 1.165) is 51.0 Å². The molecule has 3 aromatic rings. The molecule has 0 spiro atoms. The van der Waals surface area contributed by atoms with Gasteiger partial charge in [0.05, 0.1) is 0 Å². The Bertz CT molecular complexity index is 1160. The molecular weight excluding hydrogens is 436 g/mol. The van der Waals surface area contributed by atoms with E-state index in [9.17, 15) is 4.79 Å². The first-order chi connectivity index (χ1) is 15.6. The van der Waals surface area contributed by atoms with Crippen molar-refractivity contribution >= 4 is 40.0 Å². The number of carbonyl (C=O) groups excluding carboxylic acids is 1. The van der Waals surface area contributed by atoms with Crippen molar-refractivity contribution in [2.45, 2.75) is 52.2 Å². The number of carbonyl (C=O) groups is 1. The Labute approximate surface area is 200 Å². The van der Waals surface area contributed by atoms with Crippen LogP contribution in [0.3, 0.4) is 0 Å². The largest absolute Gasteiger partial charge is 0.444 e. The summed E-state index contributed by atoms with van der Waals surface area (Å²) >= 11 is 6.57. The second kappa shape index (κ2) is 9.10. The predicted molar refractivity (Wildman–Crippen MR) is 136 cm³/mol. The van der Waals surface area contributed by atoms with Crippen molar-refractivity contribution in [2.24, 2.45) is 0 Å². The lowest BCUT2D eigenvalue weighted by Gasteiger charge is -2.34. The van der Waals surface area contributed by atoms with E-state index < -0.39 is 5.60 Å². The van der Waals surface area contributed by atoms with Gasteiger partial charge >= 0.3 is 6.09 Å². The second-order valence-corrected chi connectivity index (χ2v) is 10.1. The van der Waals surface area contributed by atoms with E-state index >= 15 is 0 Å². The number of nitrogens with one attached hydrogen (secondary N) is 1. The van der Waals surface area contributed by atoms with Gasteiger partial charge in [-0.15, -0.1) is 0 Å². The summed E-state index contributed by atoms with van der Waals surface area (Å²) in [5, 5.41) is 6.43. The van der Waals surface area contributed by atoms with Crippen LogP contribution in [-0.4, -0.2) is 40.7 Å². The number of ether oxygens (including phenoxy) is 1. The lowest BCUT2D eigenvalue weighted by molar-refractivity contribution is 0.0210. The van der Waals surface area contributed by atoms with Crippen LogP contribution in [0.5, 0.6) is 0 Å². The minimum atomic E-state index is -0.490. The van der Waals surface area contributed by atoms with Crippen LogP contribution in [0.4, 0.5) is 16.3 Å². The quantitative estimate of drug-likeness (QED) is 0.476. The molecule has 2 aromatic carbocycles. The van der Waals surface area contributed by atoms with Gasteiger partial charge in [0.1, 0.15) is 11.4 Å². The summed E-state index contributed by atoms with van der Waals surface area (Å²) in [4.78, 5) is 18.5. The maximum Gasteiger partial charge on any atom is 0.410 e. The molecule has 7 heteroatoms. The summed E-state index contributed by atoms with van der Waals surface area (Å²) in [7, 11) is 0. The van der Waals surface area contributed by atoms with Crippen LogP contribution >= 0.6 is 11.6 Å². The molecule has 3 N–H and O–H groups in total. The van der Waals surface area contributed by atoms with Crippen LogP contribution in [-0.2, 0) is 4.74 Å². The van der Waals surface area contributed by atoms with Crippen molar-refractivity contribution in [3.05, 3.63) is 53.2 Å². The maximum atomic E-state index is 12.4. The van der Waals surface area contributed by atoms with Gasteiger partial charge in [0.15, 0.2) is 0 Å². The molecule has 0 saturated carbocycles. The van der Waals surface area contributed by atoms with Crippen LogP contribution < -0.4 is 11.1 Å². The third-order valence-corrected chi connectivity index (χ3v) is 6.19. The highest BCUT2D eigenvalue weighted by Gasteiger charge is 2.27. The number of fused-ring (bicyclic) bond motifs is 1. The van der Waals surface area contributed by atoms with Crippen LogP contribution in [0, 0.1) is 6.92 Å². The Kier molecular flexibility index (Phi) is 6.39. The van der Waals surface area contributed by atoms with Crippen molar-refractivity contribution in [3.8, 4) is 11.1 Å². The number of nitrogen functional groups attached to an aromatic ring is 1. The number of likely N-dealkylation sites (tertiary alicyclic amines) is 1. The van der Waals surface area contributed by atoms with E-state index in [4.69, 9.17) is 22.1 Å². The number of nitrogens with zero attached hydrogens (tertiary/aromatic N) is 2. The SMILES string of the molecule is Cc1cccc(Cl)c1-c1cc(NC2CCN(C(=O)OC(C)(C)C)CC2)c2cc(N)ncc2c1. The van der Waals surface area contributed by atoms with Crippen LogP contribution in [0.2, 0.25) is 5.02 Å². The predicted octanol–water partition coefficient (Wildman–Crippen LogP) is 6.26. The molecule has 174 valence electrons. The van der Waals surface area contributed by atoms with Crippen LogP contribution in [0.1, 0.15) is 39.2 Å². The Balaban J connectivity index is 1.60. The lowest BCUT2D eigenvalue weighted by Crippen LogP contribution is -2.44. The van der Waals surface area contributed by atoms with E-state index in [1.807, 2.05) is 39.0 Å². The highest BCUT2D eigenvalue weighted by Crippen LogP contribution is 2.37. The van der Waals surface area contributed by atoms with Crippen molar-refractivity contribution in [1.82, 2.24) is 9.88 Å². The Morgan fingerprint density at radius 1 is 1.21 bits per heavy atom. The number of aryl methyl sites for hydroxylation is 1. The molecule has 6 nitrogen and oxygen atoms in total. The standard InChI is InChI=1S/C26H31ClN4O2/c1-16-6-5-7-21(27)24(16)17-12-18-15-29-23(28)14-20(18)22(13-17)30-19-8-10-31(11-9-19)25(32)33-26(2,3)4/h5-7,12-15,19,30H,8-11H2,1-4H3,(H2,28,29). The maximum absolute atomic E-state index is 12.4. The highest BCUT2D eigenvalue weighted by atomic mass is 35.5. The van der Waals surface area contributed by atoms with Crippen molar-refractivity contribution in [2.75, 3.05) is 24.1 Å². The number of aromatic nitrogens is 1. The zero-order chi connectivity index (χ0) is 23.8. The highest BCUT2D eigenvalue weighted by molar-refractivity contribution is 6.33.